The number of carbonyl (C=O) groups excluding carboxylic acids is 6. The van der Waals surface area contributed by atoms with E-state index < -0.39 is 57.9 Å². The van der Waals surface area contributed by atoms with E-state index in [0.29, 0.717) is 43.5 Å². The smallest absolute Gasteiger partial charge is 0.315 e. The van der Waals surface area contributed by atoms with E-state index in [1.54, 1.807) is 12.1 Å². The molecule has 3 aliphatic rings. The molecule has 1 saturated heterocycles. The highest BCUT2D eigenvalue weighted by atomic mass is 32.2. The Labute approximate surface area is 307 Å². The summed E-state index contributed by atoms with van der Waals surface area (Å²) in [5.41, 5.74) is 4.51. The van der Waals surface area contributed by atoms with Crippen LogP contribution < -0.4 is 21.7 Å². The number of thioether (sulfide) groups is 1. The molecule has 0 spiro atoms. The van der Waals surface area contributed by atoms with E-state index in [4.69, 9.17) is 5.73 Å². The van der Waals surface area contributed by atoms with E-state index in [9.17, 15) is 28.8 Å². The van der Waals surface area contributed by atoms with Gasteiger partial charge in [0.05, 0.1) is 0 Å². The van der Waals surface area contributed by atoms with Gasteiger partial charge in [-0.3, -0.25) is 24.0 Å². The number of amides is 5. The Kier molecular flexibility index (Phi) is 14.2. The van der Waals surface area contributed by atoms with Gasteiger partial charge in [0.15, 0.2) is 5.78 Å². The predicted molar refractivity (Wildman–Crippen MR) is 200 cm³/mol. The summed E-state index contributed by atoms with van der Waals surface area (Å²) in [6.45, 7) is 10.0. The Morgan fingerprint density at radius 2 is 1.63 bits per heavy atom. The Morgan fingerprint density at radius 1 is 0.961 bits per heavy atom. The first-order chi connectivity index (χ1) is 24.1. The predicted octanol–water partition coefficient (Wildman–Crippen LogP) is 5.36. The van der Waals surface area contributed by atoms with Gasteiger partial charge in [0.2, 0.25) is 11.8 Å². The SMILES string of the molecule is CC(C)C[C@H]1CCN(C(=O)[C@@H](NC(=O)NC2(CC(=O)c3ccccc3)CCCCC2)C(C)(C)C)[C@@H]1C(=O)NC(SCCCC1CC1)C(=O)C(N)=O. The Balaban J connectivity index is 1.52. The van der Waals surface area contributed by atoms with Crippen molar-refractivity contribution in [3.05, 3.63) is 35.9 Å². The lowest BCUT2D eigenvalue weighted by Crippen LogP contribution is -2.62. The molecule has 4 atom stereocenters. The zero-order valence-corrected chi connectivity index (χ0v) is 31.9. The number of nitrogens with zero attached hydrogens (tertiary/aromatic N) is 1. The van der Waals surface area contributed by atoms with Gasteiger partial charge in [0.25, 0.3) is 11.7 Å². The molecule has 0 bridgehead atoms. The molecule has 1 aromatic rings. The third kappa shape index (κ3) is 11.5. The van der Waals surface area contributed by atoms with Crippen molar-refractivity contribution in [2.24, 2.45) is 28.9 Å². The van der Waals surface area contributed by atoms with Crippen LogP contribution >= 0.6 is 11.8 Å². The first-order valence-electron chi connectivity index (χ1n) is 18.8. The van der Waals surface area contributed by atoms with Crippen molar-refractivity contribution >= 4 is 47.1 Å². The maximum Gasteiger partial charge on any atom is 0.315 e. The quantitative estimate of drug-likeness (QED) is 0.0726. The Bertz CT molecular complexity index is 1400. The van der Waals surface area contributed by atoms with Crippen LogP contribution in [-0.2, 0) is 19.2 Å². The van der Waals surface area contributed by atoms with Crippen molar-refractivity contribution in [3.63, 3.8) is 0 Å². The topological polar surface area (TPSA) is 168 Å². The molecule has 2 aliphatic carbocycles. The van der Waals surface area contributed by atoms with Gasteiger partial charge in [-0.25, -0.2) is 4.79 Å². The van der Waals surface area contributed by atoms with Crippen LogP contribution in [0.2, 0.25) is 0 Å². The van der Waals surface area contributed by atoms with Crippen LogP contribution in [0.5, 0.6) is 0 Å². The number of rotatable bonds is 17. The van der Waals surface area contributed by atoms with E-state index in [0.717, 1.165) is 38.0 Å². The number of hydrogen-bond donors (Lipinski definition) is 4. The number of hydrogen-bond acceptors (Lipinski definition) is 7. The Morgan fingerprint density at radius 3 is 2.22 bits per heavy atom. The van der Waals surface area contributed by atoms with Gasteiger partial charge in [-0.05, 0) is 67.4 Å². The molecule has 51 heavy (non-hydrogen) atoms. The summed E-state index contributed by atoms with van der Waals surface area (Å²) in [5, 5.41) is 7.73. The highest BCUT2D eigenvalue weighted by Gasteiger charge is 2.47. The van der Waals surface area contributed by atoms with Gasteiger partial charge in [-0.2, -0.15) is 0 Å². The monoisotopic (exact) mass is 725 g/mol. The molecule has 3 fully saturated rings. The number of primary amides is 1. The fourth-order valence-electron chi connectivity index (χ4n) is 7.65. The van der Waals surface area contributed by atoms with Gasteiger partial charge >= 0.3 is 6.03 Å². The number of nitrogens with two attached hydrogens (primary N) is 1. The molecule has 1 heterocycles. The largest absolute Gasteiger partial charge is 0.363 e. The minimum Gasteiger partial charge on any atom is -0.363 e. The summed E-state index contributed by atoms with van der Waals surface area (Å²) in [6.07, 6.45) is 9.85. The van der Waals surface area contributed by atoms with Crippen molar-refractivity contribution in [1.82, 2.24) is 20.9 Å². The summed E-state index contributed by atoms with van der Waals surface area (Å²) in [7, 11) is 0. The van der Waals surface area contributed by atoms with Crippen molar-refractivity contribution in [1.29, 1.82) is 0 Å². The highest BCUT2D eigenvalue weighted by Crippen LogP contribution is 2.36. The third-order valence-corrected chi connectivity index (χ3v) is 11.7. The van der Waals surface area contributed by atoms with Crippen LogP contribution in [0.25, 0.3) is 0 Å². The fourth-order valence-corrected chi connectivity index (χ4v) is 8.68. The first-order valence-corrected chi connectivity index (χ1v) is 19.9. The van der Waals surface area contributed by atoms with Crippen LogP contribution in [0, 0.1) is 23.2 Å². The standard InChI is InChI=1S/C39H59N5O6S/c1-25(2)23-28-18-21-44(30(28)34(48)42-35(31(46)33(40)47)51-22-12-13-26-16-17-26)36(49)32(38(3,4)5)41-37(50)43-39(19-10-7-11-20-39)24-29(45)27-14-8-6-9-15-27/h6,8-9,14-15,25-26,28,30,32,35H,7,10-13,16-24H2,1-5H3,(H2,40,47)(H,42,48)(H2,41,43,50)/t28-,30+,32-,35?/m1/s1. The van der Waals surface area contributed by atoms with E-state index in [-0.39, 0.29) is 24.0 Å². The van der Waals surface area contributed by atoms with Gasteiger partial charge < -0.3 is 26.6 Å². The number of urea groups is 1. The van der Waals surface area contributed by atoms with Crippen LogP contribution in [0.3, 0.4) is 0 Å². The molecule has 5 amide bonds. The molecular weight excluding hydrogens is 667 g/mol. The van der Waals surface area contributed by atoms with Crippen LogP contribution in [0.1, 0.15) is 122 Å². The van der Waals surface area contributed by atoms with Crippen molar-refractivity contribution < 1.29 is 28.8 Å². The molecule has 0 aromatic heterocycles. The lowest BCUT2D eigenvalue weighted by Gasteiger charge is -2.40. The average Bonchev–Trinajstić information content (AvgIpc) is 3.81. The zero-order chi connectivity index (χ0) is 37.3. The maximum atomic E-state index is 14.5. The molecule has 12 heteroatoms. The van der Waals surface area contributed by atoms with Crippen molar-refractivity contribution in [2.75, 3.05) is 12.3 Å². The second kappa shape index (κ2) is 17.9. The van der Waals surface area contributed by atoms with Crippen LogP contribution in [0.4, 0.5) is 4.79 Å². The van der Waals surface area contributed by atoms with E-state index >= 15 is 0 Å². The molecular formula is C39H59N5O6S. The number of nitrogens with one attached hydrogen (secondary N) is 3. The summed E-state index contributed by atoms with van der Waals surface area (Å²) in [4.78, 5) is 82.1. The zero-order valence-electron chi connectivity index (χ0n) is 31.1. The third-order valence-electron chi connectivity index (χ3n) is 10.5. The minimum atomic E-state index is -1.14. The summed E-state index contributed by atoms with van der Waals surface area (Å²) < 4.78 is 0. The first kappa shape index (κ1) is 40.4. The lowest BCUT2D eigenvalue weighted by molar-refractivity contribution is -0.143. The molecule has 1 aromatic carbocycles. The van der Waals surface area contributed by atoms with Gasteiger partial charge in [-0.1, -0.05) is 97.1 Å². The number of Topliss-reactive ketones (excluding diaryl/α,β-unsaturated/α-hetero) is 2. The van der Waals surface area contributed by atoms with Crippen LogP contribution in [0.15, 0.2) is 30.3 Å². The molecule has 4 rings (SSSR count). The molecule has 282 valence electrons. The highest BCUT2D eigenvalue weighted by molar-refractivity contribution is 8.00. The lowest BCUT2D eigenvalue weighted by atomic mass is 9.77. The molecule has 5 N–H and O–H groups in total. The van der Waals surface area contributed by atoms with Gasteiger partial charge in [0.1, 0.15) is 17.5 Å². The van der Waals surface area contributed by atoms with Gasteiger partial charge in [-0.15, -0.1) is 11.8 Å². The Hall–Kier alpha value is -3.41. The number of likely N-dealkylation sites (tertiary alicyclic amines) is 1. The number of benzene rings is 1. The number of carbonyl (C=O) groups is 6. The summed E-state index contributed by atoms with van der Waals surface area (Å²) in [6, 6.07) is 6.65. The van der Waals surface area contributed by atoms with Crippen molar-refractivity contribution in [3.8, 4) is 0 Å². The molecule has 11 nitrogen and oxygen atoms in total. The maximum absolute atomic E-state index is 14.5. The second-order valence-corrected chi connectivity index (χ2v) is 17.6. The van der Waals surface area contributed by atoms with Crippen LogP contribution in [-0.4, -0.2) is 75.5 Å². The summed E-state index contributed by atoms with van der Waals surface area (Å²) in [5.74, 6) is -1.55. The second-order valence-electron chi connectivity index (χ2n) is 16.4. The molecule has 0 radical (unpaired) electrons. The molecule has 2 saturated carbocycles. The minimum absolute atomic E-state index is 0.0439. The normalized spacial score (nSPS) is 21.4. The molecule has 1 aliphatic heterocycles. The van der Waals surface area contributed by atoms with E-state index in [2.05, 4.69) is 29.8 Å². The average molecular weight is 726 g/mol. The molecule has 1 unspecified atom stereocenters. The fraction of sp³-hybridized carbons (Fsp3) is 0.692. The van der Waals surface area contributed by atoms with E-state index in [1.807, 2.05) is 39.0 Å². The van der Waals surface area contributed by atoms with E-state index in [1.165, 1.54) is 29.5 Å². The van der Waals surface area contributed by atoms with Crippen molar-refractivity contribution in [2.45, 2.75) is 135 Å². The number of ketones is 2. The van der Waals surface area contributed by atoms with Gasteiger partial charge in [0, 0.05) is 24.1 Å². The summed E-state index contributed by atoms with van der Waals surface area (Å²) >= 11 is 1.20.